The second-order valence-corrected chi connectivity index (χ2v) is 6.37. The SMILES string of the molecule is CCCCc1nn(-c2cccc(C)c2)c(O)c1-c1ccc(C)cc1. The lowest BCUT2D eigenvalue weighted by molar-refractivity contribution is 0.435. The van der Waals surface area contributed by atoms with Crippen molar-refractivity contribution in [2.75, 3.05) is 0 Å². The van der Waals surface area contributed by atoms with E-state index in [4.69, 9.17) is 5.10 Å². The van der Waals surface area contributed by atoms with Gasteiger partial charge in [-0.1, -0.05) is 55.3 Å². The molecule has 0 aliphatic rings. The van der Waals surface area contributed by atoms with Crippen molar-refractivity contribution >= 4 is 0 Å². The standard InChI is InChI=1S/C21H24N2O/c1-4-5-9-19-20(17-12-10-15(2)11-13-17)21(24)23(22-19)18-8-6-7-16(3)14-18/h6-8,10-14,24H,4-5,9H2,1-3H3. The average Bonchev–Trinajstić information content (AvgIpc) is 2.90. The Hall–Kier alpha value is -2.55. The summed E-state index contributed by atoms with van der Waals surface area (Å²) < 4.78 is 1.66. The third kappa shape index (κ3) is 3.21. The van der Waals surface area contributed by atoms with Gasteiger partial charge in [0.25, 0.3) is 0 Å². The molecule has 1 aromatic heterocycles. The topological polar surface area (TPSA) is 38.0 Å². The summed E-state index contributed by atoms with van der Waals surface area (Å²) in [6, 6.07) is 16.3. The Kier molecular flexibility index (Phi) is 4.70. The second kappa shape index (κ2) is 6.91. The Labute approximate surface area is 143 Å². The fourth-order valence-electron chi connectivity index (χ4n) is 2.93. The maximum Gasteiger partial charge on any atom is 0.222 e. The summed E-state index contributed by atoms with van der Waals surface area (Å²) in [7, 11) is 0. The number of nitrogens with zero attached hydrogens (tertiary/aromatic N) is 2. The van der Waals surface area contributed by atoms with E-state index in [1.165, 1.54) is 5.56 Å². The third-order valence-corrected chi connectivity index (χ3v) is 4.29. The maximum atomic E-state index is 10.9. The molecule has 0 bridgehead atoms. The van der Waals surface area contributed by atoms with E-state index in [0.717, 1.165) is 47.3 Å². The van der Waals surface area contributed by atoms with Gasteiger partial charge in [0.2, 0.25) is 5.88 Å². The van der Waals surface area contributed by atoms with Gasteiger partial charge in [0.05, 0.1) is 16.9 Å². The number of aromatic hydroxyl groups is 1. The molecule has 1 heterocycles. The minimum absolute atomic E-state index is 0.218. The molecule has 3 heteroatoms. The zero-order chi connectivity index (χ0) is 17.1. The van der Waals surface area contributed by atoms with Crippen molar-refractivity contribution in [1.29, 1.82) is 0 Å². The van der Waals surface area contributed by atoms with Gasteiger partial charge in [-0.05, 0) is 49.9 Å². The zero-order valence-electron chi connectivity index (χ0n) is 14.6. The molecule has 24 heavy (non-hydrogen) atoms. The highest BCUT2D eigenvalue weighted by Crippen LogP contribution is 2.35. The molecule has 0 amide bonds. The van der Waals surface area contributed by atoms with E-state index in [1.807, 2.05) is 31.2 Å². The number of unbranched alkanes of at least 4 members (excludes halogenated alkanes) is 1. The van der Waals surface area contributed by atoms with Gasteiger partial charge < -0.3 is 5.11 Å². The van der Waals surface area contributed by atoms with Crippen LogP contribution in [0.4, 0.5) is 0 Å². The van der Waals surface area contributed by atoms with E-state index in [-0.39, 0.29) is 5.88 Å². The van der Waals surface area contributed by atoms with Gasteiger partial charge in [-0.2, -0.15) is 5.10 Å². The van der Waals surface area contributed by atoms with Gasteiger partial charge in [-0.3, -0.25) is 0 Å². The van der Waals surface area contributed by atoms with Crippen molar-refractivity contribution in [3.63, 3.8) is 0 Å². The highest BCUT2D eigenvalue weighted by Gasteiger charge is 2.19. The second-order valence-electron chi connectivity index (χ2n) is 6.37. The summed E-state index contributed by atoms with van der Waals surface area (Å²) in [5.74, 6) is 0.218. The van der Waals surface area contributed by atoms with Gasteiger partial charge in [0, 0.05) is 0 Å². The van der Waals surface area contributed by atoms with Crippen LogP contribution in [0, 0.1) is 13.8 Å². The van der Waals surface area contributed by atoms with Crippen molar-refractivity contribution in [3.05, 3.63) is 65.4 Å². The Morgan fingerprint density at radius 2 is 1.75 bits per heavy atom. The summed E-state index contributed by atoms with van der Waals surface area (Å²) in [6.07, 6.45) is 3.03. The van der Waals surface area contributed by atoms with Crippen LogP contribution in [-0.2, 0) is 6.42 Å². The number of aryl methyl sites for hydroxylation is 3. The first kappa shape index (κ1) is 16.3. The molecule has 0 aliphatic carbocycles. The van der Waals surface area contributed by atoms with Gasteiger partial charge in [-0.15, -0.1) is 0 Å². The highest BCUT2D eigenvalue weighted by atomic mass is 16.3. The predicted molar refractivity (Wildman–Crippen MR) is 98.8 cm³/mol. The lowest BCUT2D eigenvalue weighted by Crippen LogP contribution is -1.97. The molecule has 0 saturated heterocycles. The monoisotopic (exact) mass is 320 g/mol. The molecular formula is C21H24N2O. The van der Waals surface area contributed by atoms with Crippen LogP contribution in [0.2, 0.25) is 0 Å². The van der Waals surface area contributed by atoms with Crippen LogP contribution in [-0.4, -0.2) is 14.9 Å². The van der Waals surface area contributed by atoms with E-state index < -0.39 is 0 Å². The summed E-state index contributed by atoms with van der Waals surface area (Å²) in [4.78, 5) is 0. The molecule has 0 atom stereocenters. The zero-order valence-corrected chi connectivity index (χ0v) is 14.6. The summed E-state index contributed by atoms with van der Waals surface area (Å²) in [5.41, 5.74) is 6.07. The molecule has 0 radical (unpaired) electrons. The predicted octanol–water partition coefficient (Wildman–Crippen LogP) is 5.20. The molecule has 0 unspecified atom stereocenters. The van der Waals surface area contributed by atoms with Crippen LogP contribution < -0.4 is 0 Å². The first-order chi connectivity index (χ1) is 11.6. The molecule has 2 aromatic carbocycles. The van der Waals surface area contributed by atoms with Crippen LogP contribution >= 0.6 is 0 Å². The largest absolute Gasteiger partial charge is 0.493 e. The quantitative estimate of drug-likeness (QED) is 0.701. The minimum atomic E-state index is 0.218. The van der Waals surface area contributed by atoms with E-state index in [2.05, 4.69) is 38.1 Å². The van der Waals surface area contributed by atoms with Gasteiger partial charge >= 0.3 is 0 Å². The lowest BCUT2D eigenvalue weighted by atomic mass is 10.0. The molecule has 3 aromatic rings. The summed E-state index contributed by atoms with van der Waals surface area (Å²) in [5, 5.41) is 15.6. The van der Waals surface area contributed by atoms with Crippen LogP contribution in [0.25, 0.3) is 16.8 Å². The molecule has 0 spiro atoms. The molecule has 0 saturated carbocycles. The van der Waals surface area contributed by atoms with Crippen LogP contribution in [0.1, 0.15) is 36.6 Å². The fourth-order valence-corrected chi connectivity index (χ4v) is 2.93. The molecule has 124 valence electrons. The summed E-state index contributed by atoms with van der Waals surface area (Å²) >= 11 is 0. The molecule has 0 fully saturated rings. The van der Waals surface area contributed by atoms with Crippen LogP contribution in [0.5, 0.6) is 5.88 Å². The van der Waals surface area contributed by atoms with Crippen molar-refractivity contribution in [2.24, 2.45) is 0 Å². The Bertz CT molecular complexity index is 832. The van der Waals surface area contributed by atoms with Crippen LogP contribution in [0.3, 0.4) is 0 Å². The molecule has 3 rings (SSSR count). The smallest absolute Gasteiger partial charge is 0.222 e. The Morgan fingerprint density at radius 3 is 2.42 bits per heavy atom. The van der Waals surface area contributed by atoms with Crippen molar-refractivity contribution in [3.8, 4) is 22.7 Å². The van der Waals surface area contributed by atoms with Gasteiger partial charge in [0.1, 0.15) is 0 Å². The normalized spacial score (nSPS) is 11.0. The Balaban J connectivity index is 2.14. The molecule has 3 nitrogen and oxygen atoms in total. The van der Waals surface area contributed by atoms with E-state index in [9.17, 15) is 5.11 Å². The Morgan fingerprint density at radius 1 is 1.00 bits per heavy atom. The first-order valence-corrected chi connectivity index (χ1v) is 8.55. The number of rotatable bonds is 5. The van der Waals surface area contributed by atoms with Crippen molar-refractivity contribution in [1.82, 2.24) is 9.78 Å². The van der Waals surface area contributed by atoms with E-state index in [1.54, 1.807) is 4.68 Å². The fraction of sp³-hybridized carbons (Fsp3) is 0.286. The minimum Gasteiger partial charge on any atom is -0.493 e. The molecule has 0 aliphatic heterocycles. The number of benzene rings is 2. The average molecular weight is 320 g/mol. The lowest BCUT2D eigenvalue weighted by Gasteiger charge is -2.05. The molecular weight excluding hydrogens is 296 g/mol. The van der Waals surface area contributed by atoms with Crippen molar-refractivity contribution < 1.29 is 5.11 Å². The van der Waals surface area contributed by atoms with E-state index in [0.29, 0.717) is 0 Å². The third-order valence-electron chi connectivity index (χ3n) is 4.29. The van der Waals surface area contributed by atoms with Crippen molar-refractivity contribution in [2.45, 2.75) is 40.0 Å². The van der Waals surface area contributed by atoms with E-state index >= 15 is 0 Å². The number of hydrogen-bond donors (Lipinski definition) is 1. The first-order valence-electron chi connectivity index (χ1n) is 8.55. The summed E-state index contributed by atoms with van der Waals surface area (Å²) in [6.45, 7) is 6.28. The highest BCUT2D eigenvalue weighted by molar-refractivity contribution is 5.72. The van der Waals surface area contributed by atoms with Gasteiger partial charge in [0.15, 0.2) is 0 Å². The maximum absolute atomic E-state index is 10.9. The molecule has 1 N–H and O–H groups in total. The van der Waals surface area contributed by atoms with Crippen LogP contribution in [0.15, 0.2) is 48.5 Å². The van der Waals surface area contributed by atoms with Gasteiger partial charge in [-0.25, -0.2) is 4.68 Å². The number of hydrogen-bond acceptors (Lipinski definition) is 2. The number of aromatic nitrogens is 2.